The summed E-state index contributed by atoms with van der Waals surface area (Å²) in [6.45, 7) is 17.0. The normalized spacial score (nSPS) is 11.3. The van der Waals surface area contributed by atoms with E-state index in [-0.39, 0.29) is 11.9 Å². The number of Topliss-reactive ketones (excluding diaryl/α,β-unsaturated/α-hetero) is 2. The second-order valence-corrected chi connectivity index (χ2v) is 8.62. The number of aliphatic hydroxyl groups is 1. The number of aryl methyl sites for hydroxylation is 3. The lowest BCUT2D eigenvalue weighted by atomic mass is 10.00. The molecule has 2 aromatic rings. The average molecular weight is 459 g/mol. The summed E-state index contributed by atoms with van der Waals surface area (Å²) in [6.07, 6.45) is 6.32. The van der Waals surface area contributed by atoms with E-state index in [1.807, 2.05) is 18.2 Å². The molecule has 1 aliphatic rings. The van der Waals surface area contributed by atoms with Crippen LogP contribution in [0.2, 0.25) is 0 Å². The van der Waals surface area contributed by atoms with Gasteiger partial charge in [-0.05, 0) is 61.3 Å². The fraction of sp³-hybridized carbons (Fsp3) is 0.533. The van der Waals surface area contributed by atoms with Crippen molar-refractivity contribution in [2.75, 3.05) is 0 Å². The number of aliphatic hydroxyl groups excluding tert-OH is 1. The summed E-state index contributed by atoms with van der Waals surface area (Å²) >= 11 is 0. The molecule has 0 saturated heterocycles. The first-order chi connectivity index (χ1) is 15.5. The minimum atomic E-state index is -0.167. The van der Waals surface area contributed by atoms with Gasteiger partial charge in [-0.3, -0.25) is 4.79 Å². The Balaban J connectivity index is -0.000000340. The van der Waals surface area contributed by atoms with E-state index < -0.39 is 0 Å². The molecule has 1 fully saturated rings. The molecule has 0 aromatic heterocycles. The van der Waals surface area contributed by atoms with Crippen molar-refractivity contribution < 1.29 is 14.7 Å². The van der Waals surface area contributed by atoms with Crippen LogP contribution >= 0.6 is 0 Å². The summed E-state index contributed by atoms with van der Waals surface area (Å²) < 4.78 is 0. The minimum Gasteiger partial charge on any atom is -0.394 e. The van der Waals surface area contributed by atoms with Gasteiger partial charge in [-0.25, -0.2) is 0 Å². The molecule has 0 spiro atoms. The molecule has 188 valence electrons. The summed E-state index contributed by atoms with van der Waals surface area (Å²) in [7, 11) is 0. The molecule has 0 radical (unpaired) electrons. The van der Waals surface area contributed by atoms with Crippen LogP contribution in [0.25, 0.3) is 0 Å². The molecule has 2 aromatic carbocycles. The molecule has 0 atom stereocenters. The number of rotatable bonds is 0. The van der Waals surface area contributed by atoms with E-state index in [0.717, 1.165) is 25.7 Å². The van der Waals surface area contributed by atoms with Crippen LogP contribution in [0.15, 0.2) is 54.6 Å². The number of benzene rings is 2. The van der Waals surface area contributed by atoms with E-state index in [1.54, 1.807) is 13.8 Å². The maximum Gasteiger partial charge on any atom is 0.132 e. The predicted molar refractivity (Wildman–Crippen MR) is 145 cm³/mol. The lowest BCUT2D eigenvalue weighted by Gasteiger charge is -2.05. The molecule has 1 N–H and O–H groups in total. The van der Waals surface area contributed by atoms with E-state index in [1.165, 1.54) is 43.4 Å². The Bertz CT molecular complexity index is 638. The van der Waals surface area contributed by atoms with Crippen LogP contribution in [-0.4, -0.2) is 22.8 Å². The molecule has 1 saturated carbocycles. The molecule has 0 heterocycles. The smallest absolute Gasteiger partial charge is 0.132 e. The molecular formula is C30H50O3. The van der Waals surface area contributed by atoms with Gasteiger partial charge < -0.3 is 9.90 Å². The van der Waals surface area contributed by atoms with Gasteiger partial charge in [-0.15, -0.1) is 0 Å². The van der Waals surface area contributed by atoms with Crippen LogP contribution in [0.1, 0.15) is 96.8 Å². The first-order valence-corrected chi connectivity index (χ1v) is 12.2. The lowest BCUT2D eigenvalue weighted by Crippen LogP contribution is -2.02. The molecule has 3 nitrogen and oxygen atoms in total. The topological polar surface area (TPSA) is 54.4 Å². The van der Waals surface area contributed by atoms with Crippen molar-refractivity contribution in [3.8, 4) is 0 Å². The van der Waals surface area contributed by atoms with Gasteiger partial charge in [0.1, 0.15) is 11.6 Å². The van der Waals surface area contributed by atoms with E-state index in [4.69, 9.17) is 5.11 Å². The molecule has 33 heavy (non-hydrogen) atoms. The average Bonchev–Trinajstić information content (AvgIpc) is 2.72. The Morgan fingerprint density at radius 3 is 1.21 bits per heavy atom. The predicted octanol–water partition coefficient (Wildman–Crippen LogP) is 8.22. The van der Waals surface area contributed by atoms with Crippen molar-refractivity contribution in [3.63, 3.8) is 0 Å². The number of hydrogen-bond acceptors (Lipinski definition) is 3. The number of ketones is 2. The molecule has 3 rings (SSSR count). The van der Waals surface area contributed by atoms with Crippen LogP contribution in [0.4, 0.5) is 0 Å². The summed E-state index contributed by atoms with van der Waals surface area (Å²) in [6, 6.07) is 18.7. The second-order valence-electron chi connectivity index (χ2n) is 8.62. The van der Waals surface area contributed by atoms with Crippen LogP contribution in [-0.2, 0) is 9.59 Å². The minimum absolute atomic E-state index is 0.167. The highest BCUT2D eigenvalue weighted by Crippen LogP contribution is 2.12. The van der Waals surface area contributed by atoms with Crippen molar-refractivity contribution in [1.82, 2.24) is 0 Å². The highest BCUT2D eigenvalue weighted by molar-refractivity contribution is 5.78. The highest BCUT2D eigenvalue weighted by atomic mass is 16.3. The quantitative estimate of drug-likeness (QED) is 0.432. The molecule has 0 unspecified atom stereocenters. The van der Waals surface area contributed by atoms with Gasteiger partial charge >= 0.3 is 0 Å². The van der Waals surface area contributed by atoms with Gasteiger partial charge in [0.05, 0.1) is 0 Å². The number of hydrogen-bond donors (Lipinski definition) is 1. The summed E-state index contributed by atoms with van der Waals surface area (Å²) in [4.78, 5) is 19.9. The highest BCUT2D eigenvalue weighted by Gasteiger charge is 2.05. The zero-order valence-electron chi connectivity index (χ0n) is 22.8. The first kappa shape index (κ1) is 35.3. The summed E-state index contributed by atoms with van der Waals surface area (Å²) in [5, 5.41) is 8.06. The largest absolute Gasteiger partial charge is 0.394 e. The summed E-state index contributed by atoms with van der Waals surface area (Å²) in [5.41, 5.74) is 3.98. The first-order valence-electron chi connectivity index (χ1n) is 12.2. The fourth-order valence-corrected chi connectivity index (χ4v) is 2.12. The van der Waals surface area contributed by atoms with Crippen molar-refractivity contribution in [2.24, 2.45) is 0 Å². The van der Waals surface area contributed by atoms with Crippen LogP contribution in [0.3, 0.4) is 0 Å². The van der Waals surface area contributed by atoms with Crippen LogP contribution < -0.4 is 0 Å². The third-order valence-electron chi connectivity index (χ3n) is 3.57. The van der Waals surface area contributed by atoms with Gasteiger partial charge in [0.15, 0.2) is 0 Å². The van der Waals surface area contributed by atoms with Crippen LogP contribution in [0, 0.1) is 20.8 Å². The molecular weight excluding hydrogens is 408 g/mol. The number of carbonyl (C=O) groups excluding carboxylic acids is 2. The van der Waals surface area contributed by atoms with E-state index in [2.05, 4.69) is 71.0 Å². The molecule has 1 aliphatic carbocycles. The Labute approximate surface area is 204 Å². The van der Waals surface area contributed by atoms with Gasteiger partial charge in [0.2, 0.25) is 0 Å². The fourth-order valence-electron chi connectivity index (χ4n) is 2.12. The number of carbonyl (C=O) groups is 2. The zero-order valence-corrected chi connectivity index (χ0v) is 22.8. The van der Waals surface area contributed by atoms with Crippen molar-refractivity contribution in [2.45, 2.75) is 107 Å². The van der Waals surface area contributed by atoms with Gasteiger partial charge in [0.25, 0.3) is 0 Å². The van der Waals surface area contributed by atoms with Gasteiger partial charge in [-0.2, -0.15) is 0 Å². The van der Waals surface area contributed by atoms with Crippen molar-refractivity contribution >= 4 is 11.6 Å². The van der Waals surface area contributed by atoms with Gasteiger partial charge in [-0.1, -0.05) is 98.0 Å². The Hall–Kier alpha value is -2.26. The molecule has 3 heteroatoms. The maximum absolute atomic E-state index is 10.5. The summed E-state index contributed by atoms with van der Waals surface area (Å²) in [5.74, 6) is 0.631. The molecule has 0 amide bonds. The third kappa shape index (κ3) is 40.6. The van der Waals surface area contributed by atoms with Crippen molar-refractivity contribution in [3.05, 3.63) is 71.3 Å². The lowest BCUT2D eigenvalue weighted by molar-refractivity contribution is -0.120. The van der Waals surface area contributed by atoms with Gasteiger partial charge in [0, 0.05) is 18.9 Å². The van der Waals surface area contributed by atoms with E-state index in [9.17, 15) is 9.59 Å². The molecule has 0 aliphatic heterocycles. The Morgan fingerprint density at radius 2 is 1.03 bits per heavy atom. The Morgan fingerprint density at radius 1 is 0.758 bits per heavy atom. The van der Waals surface area contributed by atoms with E-state index in [0.29, 0.717) is 5.78 Å². The second kappa shape index (κ2) is 26.0. The third-order valence-corrected chi connectivity index (χ3v) is 3.57. The Kier molecular flexibility index (Phi) is 27.8. The zero-order chi connectivity index (χ0) is 26.1. The van der Waals surface area contributed by atoms with Crippen molar-refractivity contribution in [1.29, 1.82) is 0 Å². The van der Waals surface area contributed by atoms with Crippen LogP contribution in [0.5, 0.6) is 0 Å². The SMILES string of the molecule is CC(C)=O.CC(C)O.CCC.Cc1ccc(C)cc1.Cc1ccccc1.O=C1CCCCC1. The molecule has 0 bridgehead atoms. The van der Waals surface area contributed by atoms with E-state index >= 15 is 0 Å². The monoisotopic (exact) mass is 458 g/mol. The standard InChI is InChI=1S/C8H10.C7H8.C6H10O.C3H8O.C3H6O.C3H8/c1-7-3-5-8(2)6-4-7;1-7-5-3-2-4-6-7;7-6-4-2-1-3-5-6;2*1-3(2)4;1-3-2/h3-6H,1-2H3;2-6H,1H3;1-5H2;3-4H,1-2H3;1-2H3;3H2,1-2H3. The maximum atomic E-state index is 10.5.